The fourth-order valence-corrected chi connectivity index (χ4v) is 1.50. The van der Waals surface area contributed by atoms with E-state index in [1.807, 2.05) is 13.8 Å². The van der Waals surface area contributed by atoms with Crippen molar-refractivity contribution in [3.63, 3.8) is 0 Å². The second-order valence-electron chi connectivity index (χ2n) is 3.79. The Morgan fingerprint density at radius 3 is 2.94 bits per heavy atom. The van der Waals surface area contributed by atoms with Crippen LogP contribution < -0.4 is 5.73 Å². The van der Waals surface area contributed by atoms with Crippen molar-refractivity contribution >= 4 is 5.69 Å². The minimum Gasteiger partial charge on any atom is -0.396 e. The van der Waals surface area contributed by atoms with Gasteiger partial charge in [0, 0.05) is 12.2 Å². The van der Waals surface area contributed by atoms with Crippen LogP contribution >= 0.6 is 0 Å². The Labute approximate surface area is 104 Å². The average molecular weight is 251 g/mol. The molecule has 0 spiro atoms. The third kappa shape index (κ3) is 2.48. The summed E-state index contributed by atoms with van der Waals surface area (Å²) >= 11 is 0. The van der Waals surface area contributed by atoms with E-state index in [1.54, 1.807) is 6.07 Å². The fraction of sp³-hybridized carbons (Fsp3) is 0.333. The molecule has 6 heteroatoms. The van der Waals surface area contributed by atoms with Gasteiger partial charge in [0.15, 0.2) is 0 Å². The molecular weight excluding hydrogens is 237 g/mol. The number of ether oxygens (including phenoxy) is 1. The Morgan fingerprint density at radius 1 is 1.50 bits per heavy atom. The molecule has 2 aromatic rings. The van der Waals surface area contributed by atoms with Crippen molar-refractivity contribution in [3.05, 3.63) is 29.8 Å². The Kier molecular flexibility index (Phi) is 3.57. The highest BCUT2D eigenvalue weighted by Crippen LogP contribution is 2.23. The molecule has 1 aromatic carbocycles. The van der Waals surface area contributed by atoms with Crippen molar-refractivity contribution in [2.75, 3.05) is 12.3 Å². The maximum absolute atomic E-state index is 13.3. The van der Waals surface area contributed by atoms with Crippen LogP contribution in [0.5, 0.6) is 0 Å². The van der Waals surface area contributed by atoms with Gasteiger partial charge in [0.2, 0.25) is 5.82 Å². The molecular formula is C12H14FN3O2. The zero-order valence-electron chi connectivity index (χ0n) is 10.2. The maximum atomic E-state index is 13.3. The van der Waals surface area contributed by atoms with E-state index in [1.165, 1.54) is 12.1 Å². The number of nitrogens with zero attached hydrogens (tertiary/aromatic N) is 2. The van der Waals surface area contributed by atoms with Crippen LogP contribution in [0.1, 0.15) is 25.8 Å². The topological polar surface area (TPSA) is 74.2 Å². The second-order valence-corrected chi connectivity index (χ2v) is 3.79. The van der Waals surface area contributed by atoms with Gasteiger partial charge in [-0.05, 0) is 32.0 Å². The number of benzene rings is 1. The minimum absolute atomic E-state index is 0.0844. The van der Waals surface area contributed by atoms with Crippen LogP contribution in [0.15, 0.2) is 22.7 Å². The summed E-state index contributed by atoms with van der Waals surface area (Å²) in [5.41, 5.74) is 5.97. The van der Waals surface area contributed by atoms with Gasteiger partial charge in [0.05, 0.1) is 5.69 Å². The van der Waals surface area contributed by atoms with E-state index in [4.69, 9.17) is 15.0 Å². The van der Waals surface area contributed by atoms with Crippen molar-refractivity contribution in [1.29, 1.82) is 0 Å². The molecule has 96 valence electrons. The fourth-order valence-electron chi connectivity index (χ4n) is 1.50. The van der Waals surface area contributed by atoms with E-state index in [-0.39, 0.29) is 17.7 Å². The van der Waals surface area contributed by atoms with Gasteiger partial charge in [-0.3, -0.25) is 0 Å². The highest BCUT2D eigenvalue weighted by molar-refractivity contribution is 5.57. The van der Waals surface area contributed by atoms with Crippen LogP contribution in [0, 0.1) is 5.82 Å². The molecule has 18 heavy (non-hydrogen) atoms. The molecule has 0 bridgehead atoms. The molecule has 5 nitrogen and oxygen atoms in total. The smallest absolute Gasteiger partial charge is 0.258 e. The number of halogens is 1. The number of nitrogens with two attached hydrogens (primary N) is 1. The molecule has 1 unspecified atom stereocenters. The predicted octanol–water partition coefficient (Wildman–Crippen LogP) is 2.56. The van der Waals surface area contributed by atoms with E-state index in [0.29, 0.717) is 18.0 Å². The highest BCUT2D eigenvalue weighted by Gasteiger charge is 2.15. The molecule has 0 aliphatic heterocycles. The first-order valence-electron chi connectivity index (χ1n) is 5.62. The number of rotatable bonds is 4. The Balaban J connectivity index is 2.26. The summed E-state index contributed by atoms with van der Waals surface area (Å²) in [7, 11) is 0. The van der Waals surface area contributed by atoms with Crippen LogP contribution in [-0.4, -0.2) is 16.7 Å². The van der Waals surface area contributed by atoms with Crippen LogP contribution in [0.25, 0.3) is 11.5 Å². The van der Waals surface area contributed by atoms with Crippen molar-refractivity contribution in [2.45, 2.75) is 20.0 Å². The predicted molar refractivity (Wildman–Crippen MR) is 64.1 cm³/mol. The van der Waals surface area contributed by atoms with Gasteiger partial charge >= 0.3 is 0 Å². The molecule has 1 aromatic heterocycles. The summed E-state index contributed by atoms with van der Waals surface area (Å²) in [6.45, 7) is 4.26. The molecule has 0 saturated carbocycles. The molecule has 0 fully saturated rings. The standard InChI is InChI=1S/C12H14FN3O2/c1-3-17-7(2)11-15-12(18-16-11)8-4-5-10(14)9(13)6-8/h4-7H,3,14H2,1-2H3. The number of anilines is 1. The van der Waals surface area contributed by atoms with Crippen LogP contribution in [0.2, 0.25) is 0 Å². The highest BCUT2D eigenvalue weighted by atomic mass is 19.1. The van der Waals surface area contributed by atoms with Crippen LogP contribution in [-0.2, 0) is 4.74 Å². The first kappa shape index (κ1) is 12.5. The van der Waals surface area contributed by atoms with Gasteiger partial charge in [0.1, 0.15) is 11.9 Å². The van der Waals surface area contributed by atoms with Gasteiger partial charge in [-0.2, -0.15) is 4.98 Å². The molecule has 1 atom stereocenters. The molecule has 0 radical (unpaired) electrons. The summed E-state index contributed by atoms with van der Waals surface area (Å²) in [6, 6.07) is 4.35. The summed E-state index contributed by atoms with van der Waals surface area (Å²) in [6.07, 6.45) is -0.258. The Hall–Kier alpha value is -1.95. The van der Waals surface area contributed by atoms with E-state index in [2.05, 4.69) is 10.1 Å². The van der Waals surface area contributed by atoms with Gasteiger partial charge in [-0.25, -0.2) is 4.39 Å². The zero-order chi connectivity index (χ0) is 13.1. The summed E-state index contributed by atoms with van der Waals surface area (Å²) in [5, 5.41) is 3.80. The monoisotopic (exact) mass is 251 g/mol. The molecule has 0 aliphatic carbocycles. The lowest BCUT2D eigenvalue weighted by Crippen LogP contribution is -2.01. The summed E-state index contributed by atoms with van der Waals surface area (Å²) < 4.78 is 23.7. The lowest BCUT2D eigenvalue weighted by atomic mass is 10.2. The molecule has 1 heterocycles. The second kappa shape index (κ2) is 5.14. The average Bonchev–Trinajstić information content (AvgIpc) is 2.82. The van der Waals surface area contributed by atoms with E-state index in [9.17, 15) is 4.39 Å². The van der Waals surface area contributed by atoms with Gasteiger partial charge in [0.25, 0.3) is 5.89 Å². The molecule has 2 N–H and O–H groups in total. The third-order valence-electron chi connectivity index (χ3n) is 2.47. The van der Waals surface area contributed by atoms with Crippen molar-refractivity contribution in [2.24, 2.45) is 0 Å². The van der Waals surface area contributed by atoms with Crippen LogP contribution in [0.4, 0.5) is 10.1 Å². The third-order valence-corrected chi connectivity index (χ3v) is 2.47. The first-order chi connectivity index (χ1) is 8.61. The number of hydrogen-bond donors (Lipinski definition) is 1. The lowest BCUT2D eigenvalue weighted by molar-refractivity contribution is 0.0683. The van der Waals surface area contributed by atoms with E-state index >= 15 is 0 Å². The van der Waals surface area contributed by atoms with Crippen molar-refractivity contribution < 1.29 is 13.7 Å². The SMILES string of the molecule is CCOC(C)c1noc(-c2ccc(N)c(F)c2)n1. The maximum Gasteiger partial charge on any atom is 0.258 e. The largest absolute Gasteiger partial charge is 0.396 e. The minimum atomic E-state index is -0.509. The summed E-state index contributed by atoms with van der Waals surface area (Å²) in [4.78, 5) is 4.16. The Morgan fingerprint density at radius 2 is 2.28 bits per heavy atom. The molecule has 2 rings (SSSR count). The van der Waals surface area contributed by atoms with Crippen molar-refractivity contribution in [3.8, 4) is 11.5 Å². The van der Waals surface area contributed by atoms with Crippen LogP contribution in [0.3, 0.4) is 0 Å². The number of hydrogen-bond acceptors (Lipinski definition) is 5. The molecule has 0 saturated heterocycles. The molecule has 0 aliphatic rings. The van der Waals surface area contributed by atoms with E-state index < -0.39 is 5.82 Å². The van der Waals surface area contributed by atoms with Gasteiger partial charge < -0.3 is 15.0 Å². The van der Waals surface area contributed by atoms with E-state index in [0.717, 1.165) is 0 Å². The Bertz CT molecular complexity index is 542. The molecule has 0 amide bonds. The number of aromatic nitrogens is 2. The van der Waals surface area contributed by atoms with Crippen molar-refractivity contribution in [1.82, 2.24) is 10.1 Å². The quantitative estimate of drug-likeness (QED) is 0.845. The summed E-state index contributed by atoms with van der Waals surface area (Å²) in [5.74, 6) is 0.171. The zero-order valence-corrected chi connectivity index (χ0v) is 10.2. The first-order valence-corrected chi connectivity index (χ1v) is 5.62. The van der Waals surface area contributed by atoms with Gasteiger partial charge in [-0.1, -0.05) is 5.16 Å². The number of nitrogen functional groups attached to an aromatic ring is 1. The normalized spacial score (nSPS) is 12.6. The lowest BCUT2D eigenvalue weighted by Gasteiger charge is -2.04. The van der Waals surface area contributed by atoms with Gasteiger partial charge in [-0.15, -0.1) is 0 Å².